The molecule has 1 aromatic heterocycles. The number of aromatic nitrogens is 2. The summed E-state index contributed by atoms with van der Waals surface area (Å²) in [4.78, 5) is 2.40. The zero-order valence-electron chi connectivity index (χ0n) is 9.63. The number of hydrogen-bond donors (Lipinski definition) is 2. The molecule has 2 aromatic rings. The highest BCUT2D eigenvalue weighted by molar-refractivity contribution is 5.46. The number of nitrogens with one attached hydrogen (secondary N) is 2. The van der Waals surface area contributed by atoms with Crippen molar-refractivity contribution in [3.63, 3.8) is 0 Å². The van der Waals surface area contributed by atoms with Crippen LogP contribution in [0.3, 0.4) is 0 Å². The molecular weight excluding hydrogens is 212 g/mol. The topological polar surface area (TPSA) is 44.0 Å². The highest BCUT2D eigenvalue weighted by Gasteiger charge is 2.24. The molecule has 0 saturated carbocycles. The molecule has 17 heavy (non-hydrogen) atoms. The van der Waals surface area contributed by atoms with Crippen LogP contribution in [-0.4, -0.2) is 29.8 Å². The summed E-state index contributed by atoms with van der Waals surface area (Å²) >= 11 is 0. The van der Waals surface area contributed by atoms with Crippen molar-refractivity contribution in [2.45, 2.75) is 6.04 Å². The second-order valence-electron chi connectivity index (χ2n) is 4.28. The Morgan fingerprint density at radius 2 is 2.12 bits per heavy atom. The van der Waals surface area contributed by atoms with Crippen LogP contribution in [-0.2, 0) is 0 Å². The van der Waals surface area contributed by atoms with Gasteiger partial charge in [-0.15, -0.1) is 0 Å². The van der Waals surface area contributed by atoms with E-state index in [0.29, 0.717) is 6.04 Å². The largest absolute Gasteiger partial charge is 0.359 e. The molecule has 0 bridgehead atoms. The monoisotopic (exact) mass is 228 g/mol. The molecule has 2 N–H and O–H groups in total. The Bertz CT molecular complexity index is 452. The Kier molecular flexibility index (Phi) is 2.80. The van der Waals surface area contributed by atoms with Crippen molar-refractivity contribution >= 4 is 5.69 Å². The maximum absolute atomic E-state index is 4.04. The van der Waals surface area contributed by atoms with Gasteiger partial charge < -0.3 is 10.2 Å². The zero-order valence-corrected chi connectivity index (χ0v) is 9.63. The van der Waals surface area contributed by atoms with E-state index in [9.17, 15) is 0 Å². The molecule has 88 valence electrons. The molecule has 4 nitrogen and oxygen atoms in total. The minimum atomic E-state index is 0.391. The lowest BCUT2D eigenvalue weighted by Gasteiger charge is -2.37. The fraction of sp³-hybridized carbons (Fsp3) is 0.308. The van der Waals surface area contributed by atoms with E-state index >= 15 is 0 Å². The van der Waals surface area contributed by atoms with Crippen LogP contribution in [0.4, 0.5) is 5.69 Å². The molecule has 1 fully saturated rings. The molecule has 0 aliphatic carbocycles. The molecule has 1 atom stereocenters. The number of aromatic amines is 1. The predicted molar refractivity (Wildman–Crippen MR) is 68.0 cm³/mol. The molecule has 2 heterocycles. The first-order chi connectivity index (χ1) is 8.45. The van der Waals surface area contributed by atoms with E-state index in [-0.39, 0.29) is 0 Å². The molecule has 4 heteroatoms. The van der Waals surface area contributed by atoms with Gasteiger partial charge in [0.1, 0.15) is 0 Å². The van der Waals surface area contributed by atoms with Crippen molar-refractivity contribution in [2.24, 2.45) is 0 Å². The van der Waals surface area contributed by atoms with Crippen molar-refractivity contribution in [3.05, 3.63) is 48.3 Å². The van der Waals surface area contributed by atoms with Crippen molar-refractivity contribution in [2.75, 3.05) is 24.5 Å². The molecule has 0 amide bonds. The molecule has 1 unspecified atom stereocenters. The van der Waals surface area contributed by atoms with Crippen molar-refractivity contribution < 1.29 is 0 Å². The van der Waals surface area contributed by atoms with Crippen molar-refractivity contribution in [1.29, 1.82) is 0 Å². The van der Waals surface area contributed by atoms with Crippen LogP contribution in [0, 0.1) is 0 Å². The van der Waals surface area contributed by atoms with Gasteiger partial charge in [0.2, 0.25) is 0 Å². The SMILES string of the molecule is c1ccc(C2CNCCN2c2cn[nH]c2)cc1. The standard InChI is InChI=1S/C13H16N4/c1-2-4-11(5-3-1)13-10-14-6-7-17(13)12-8-15-16-9-12/h1-5,8-9,13-14H,6-7,10H2,(H,15,16). The quantitative estimate of drug-likeness (QED) is 0.820. The smallest absolute Gasteiger partial charge is 0.0755 e. The zero-order chi connectivity index (χ0) is 11.5. The van der Waals surface area contributed by atoms with Crippen LogP contribution >= 0.6 is 0 Å². The highest BCUT2D eigenvalue weighted by atomic mass is 15.3. The number of hydrogen-bond acceptors (Lipinski definition) is 3. The van der Waals surface area contributed by atoms with Crippen molar-refractivity contribution in [3.8, 4) is 0 Å². The van der Waals surface area contributed by atoms with Gasteiger partial charge in [-0.1, -0.05) is 30.3 Å². The Hall–Kier alpha value is -1.81. The Labute approximate surface area is 101 Å². The molecule has 1 aromatic carbocycles. The summed E-state index contributed by atoms with van der Waals surface area (Å²) < 4.78 is 0. The third-order valence-electron chi connectivity index (χ3n) is 3.24. The average molecular weight is 228 g/mol. The molecule has 1 saturated heterocycles. The third kappa shape index (κ3) is 2.03. The highest BCUT2D eigenvalue weighted by Crippen LogP contribution is 2.27. The lowest BCUT2D eigenvalue weighted by molar-refractivity contribution is 0.490. The molecule has 1 aliphatic rings. The number of nitrogens with zero attached hydrogens (tertiary/aromatic N) is 2. The average Bonchev–Trinajstić information content (AvgIpc) is 2.94. The number of anilines is 1. The first-order valence-electron chi connectivity index (χ1n) is 5.96. The van der Waals surface area contributed by atoms with Gasteiger partial charge in [-0.25, -0.2) is 0 Å². The fourth-order valence-electron chi connectivity index (χ4n) is 2.39. The summed E-state index contributed by atoms with van der Waals surface area (Å²) in [6.45, 7) is 3.02. The number of rotatable bonds is 2. The van der Waals surface area contributed by atoms with Gasteiger partial charge in [0.25, 0.3) is 0 Å². The van der Waals surface area contributed by atoms with Crippen LogP contribution in [0.1, 0.15) is 11.6 Å². The van der Waals surface area contributed by atoms with Crippen LogP contribution in [0.25, 0.3) is 0 Å². The van der Waals surface area contributed by atoms with Gasteiger partial charge in [0.05, 0.1) is 17.9 Å². The van der Waals surface area contributed by atoms with Gasteiger partial charge in [0, 0.05) is 25.8 Å². The van der Waals surface area contributed by atoms with Crippen LogP contribution < -0.4 is 10.2 Å². The first kappa shape index (κ1) is 10.4. The van der Waals surface area contributed by atoms with E-state index in [1.54, 1.807) is 0 Å². The number of benzene rings is 1. The third-order valence-corrected chi connectivity index (χ3v) is 3.24. The van der Waals surface area contributed by atoms with E-state index in [0.717, 1.165) is 19.6 Å². The maximum Gasteiger partial charge on any atom is 0.0755 e. The van der Waals surface area contributed by atoms with E-state index in [1.807, 2.05) is 12.4 Å². The Morgan fingerprint density at radius 1 is 1.24 bits per heavy atom. The predicted octanol–water partition coefficient (Wildman–Crippen LogP) is 1.56. The van der Waals surface area contributed by atoms with Gasteiger partial charge in [-0.3, -0.25) is 5.10 Å². The molecule has 3 rings (SSSR count). The minimum absolute atomic E-state index is 0.391. The molecule has 0 spiro atoms. The van der Waals surface area contributed by atoms with Crippen LogP contribution in [0.5, 0.6) is 0 Å². The van der Waals surface area contributed by atoms with E-state index in [2.05, 4.69) is 50.7 Å². The summed E-state index contributed by atoms with van der Waals surface area (Å²) in [7, 11) is 0. The fourth-order valence-corrected chi connectivity index (χ4v) is 2.39. The molecule has 0 radical (unpaired) electrons. The molecular formula is C13H16N4. The summed E-state index contributed by atoms with van der Waals surface area (Å²) in [5, 5.41) is 10.4. The van der Waals surface area contributed by atoms with E-state index in [4.69, 9.17) is 0 Å². The maximum atomic E-state index is 4.04. The Balaban J connectivity index is 1.91. The van der Waals surface area contributed by atoms with Gasteiger partial charge in [-0.05, 0) is 5.56 Å². The summed E-state index contributed by atoms with van der Waals surface area (Å²) in [5.41, 5.74) is 2.52. The van der Waals surface area contributed by atoms with Gasteiger partial charge in [0.15, 0.2) is 0 Å². The second-order valence-corrected chi connectivity index (χ2v) is 4.28. The lowest BCUT2D eigenvalue weighted by atomic mass is 10.0. The van der Waals surface area contributed by atoms with Crippen LogP contribution in [0.2, 0.25) is 0 Å². The summed E-state index contributed by atoms with van der Waals surface area (Å²) in [5.74, 6) is 0. The van der Waals surface area contributed by atoms with E-state index in [1.165, 1.54) is 11.3 Å². The van der Waals surface area contributed by atoms with Crippen LogP contribution in [0.15, 0.2) is 42.7 Å². The minimum Gasteiger partial charge on any atom is -0.359 e. The van der Waals surface area contributed by atoms with Gasteiger partial charge in [-0.2, -0.15) is 5.10 Å². The second kappa shape index (κ2) is 4.59. The first-order valence-corrected chi connectivity index (χ1v) is 5.96. The molecule has 1 aliphatic heterocycles. The summed E-state index contributed by atoms with van der Waals surface area (Å²) in [6, 6.07) is 11.0. The van der Waals surface area contributed by atoms with Crippen molar-refractivity contribution in [1.82, 2.24) is 15.5 Å². The normalized spacial score (nSPS) is 20.5. The Morgan fingerprint density at radius 3 is 2.88 bits per heavy atom. The number of H-pyrrole nitrogens is 1. The number of piperazine rings is 1. The summed E-state index contributed by atoms with van der Waals surface area (Å²) in [6.07, 6.45) is 3.85. The lowest BCUT2D eigenvalue weighted by Crippen LogP contribution is -2.46. The van der Waals surface area contributed by atoms with Gasteiger partial charge >= 0.3 is 0 Å². The van der Waals surface area contributed by atoms with E-state index < -0.39 is 0 Å².